The topological polar surface area (TPSA) is 46.3 Å². The molecule has 5 heteroatoms. The van der Waals surface area contributed by atoms with Crippen molar-refractivity contribution in [1.29, 1.82) is 0 Å². The quantitative estimate of drug-likeness (QED) is 0.718. The minimum absolute atomic E-state index is 0.0492. The van der Waals surface area contributed by atoms with E-state index in [9.17, 15) is 4.79 Å². The molecular weight excluding hydrogens is 308 g/mol. The highest BCUT2D eigenvalue weighted by atomic mass is 32.1. The van der Waals surface area contributed by atoms with E-state index >= 15 is 0 Å². The Morgan fingerprint density at radius 3 is 2.87 bits per heavy atom. The molecule has 0 saturated carbocycles. The standard InChI is InChI=1S/C18H16N2O2S/c21-18(20-10-4-8-15(20)17-9-5-11-23-17)14-12-16(22-19-14)13-6-2-1-3-7-13/h1-3,5-7,9,11-12,15H,4,8,10H2/t15-/m0/s1. The third-order valence-corrected chi connectivity index (χ3v) is 5.15. The third-order valence-electron chi connectivity index (χ3n) is 4.17. The Kier molecular flexibility index (Phi) is 3.71. The molecular formula is C18H16N2O2S. The second kappa shape index (κ2) is 6.01. The van der Waals surface area contributed by atoms with E-state index in [0.29, 0.717) is 11.5 Å². The van der Waals surface area contributed by atoms with E-state index in [-0.39, 0.29) is 11.9 Å². The molecule has 2 aromatic heterocycles. The smallest absolute Gasteiger partial charge is 0.276 e. The number of likely N-dealkylation sites (tertiary alicyclic amines) is 1. The lowest BCUT2D eigenvalue weighted by atomic mass is 10.1. The summed E-state index contributed by atoms with van der Waals surface area (Å²) >= 11 is 1.70. The highest BCUT2D eigenvalue weighted by Crippen LogP contribution is 2.35. The summed E-state index contributed by atoms with van der Waals surface area (Å²) in [5, 5.41) is 6.05. The monoisotopic (exact) mass is 324 g/mol. The van der Waals surface area contributed by atoms with Crippen LogP contribution in [0.5, 0.6) is 0 Å². The summed E-state index contributed by atoms with van der Waals surface area (Å²) in [6.07, 6.45) is 2.04. The van der Waals surface area contributed by atoms with Gasteiger partial charge in [0.05, 0.1) is 6.04 Å². The number of carbonyl (C=O) groups excluding carboxylic acids is 1. The number of hydrogen-bond donors (Lipinski definition) is 0. The van der Waals surface area contributed by atoms with Gasteiger partial charge in [-0.15, -0.1) is 11.3 Å². The van der Waals surface area contributed by atoms with Crippen LogP contribution in [0.25, 0.3) is 11.3 Å². The van der Waals surface area contributed by atoms with Gasteiger partial charge in [-0.2, -0.15) is 0 Å². The van der Waals surface area contributed by atoms with E-state index in [1.54, 1.807) is 17.4 Å². The highest BCUT2D eigenvalue weighted by Gasteiger charge is 2.32. The number of benzene rings is 1. The van der Waals surface area contributed by atoms with E-state index in [4.69, 9.17) is 4.52 Å². The summed E-state index contributed by atoms with van der Waals surface area (Å²) in [4.78, 5) is 16.0. The lowest BCUT2D eigenvalue weighted by molar-refractivity contribution is 0.0727. The van der Waals surface area contributed by atoms with Gasteiger partial charge in [-0.05, 0) is 24.3 Å². The van der Waals surface area contributed by atoms with Gasteiger partial charge in [-0.25, -0.2) is 0 Å². The van der Waals surface area contributed by atoms with Crippen LogP contribution in [0.1, 0.15) is 34.2 Å². The normalized spacial score (nSPS) is 17.6. The zero-order valence-corrected chi connectivity index (χ0v) is 13.3. The molecule has 0 unspecified atom stereocenters. The Morgan fingerprint density at radius 2 is 2.09 bits per heavy atom. The maximum Gasteiger partial charge on any atom is 0.276 e. The molecule has 23 heavy (non-hydrogen) atoms. The molecule has 1 atom stereocenters. The summed E-state index contributed by atoms with van der Waals surface area (Å²) in [6, 6.07) is 15.7. The zero-order valence-electron chi connectivity index (χ0n) is 12.5. The number of hydrogen-bond acceptors (Lipinski definition) is 4. The minimum atomic E-state index is -0.0492. The lowest BCUT2D eigenvalue weighted by Gasteiger charge is -2.22. The highest BCUT2D eigenvalue weighted by molar-refractivity contribution is 7.10. The molecule has 0 spiro atoms. The maximum absolute atomic E-state index is 12.8. The average molecular weight is 324 g/mol. The fourth-order valence-electron chi connectivity index (χ4n) is 3.05. The SMILES string of the molecule is O=C(c1cc(-c2ccccc2)on1)N1CCC[C@H]1c1cccs1. The van der Waals surface area contributed by atoms with E-state index in [1.165, 1.54) is 4.88 Å². The van der Waals surface area contributed by atoms with E-state index in [1.807, 2.05) is 41.3 Å². The predicted octanol–water partition coefficient (Wildman–Crippen LogP) is 4.38. The molecule has 0 aliphatic carbocycles. The molecule has 1 aromatic carbocycles. The van der Waals surface area contributed by atoms with Crippen molar-refractivity contribution in [2.24, 2.45) is 0 Å². The van der Waals surface area contributed by atoms with Crippen LogP contribution in [0.2, 0.25) is 0 Å². The fraction of sp³-hybridized carbons (Fsp3) is 0.222. The molecule has 116 valence electrons. The van der Waals surface area contributed by atoms with Gasteiger partial charge < -0.3 is 9.42 Å². The van der Waals surface area contributed by atoms with Crippen LogP contribution >= 0.6 is 11.3 Å². The first kappa shape index (κ1) is 14.2. The molecule has 1 saturated heterocycles. The van der Waals surface area contributed by atoms with Crippen LogP contribution in [0, 0.1) is 0 Å². The number of amides is 1. The molecule has 1 fully saturated rings. The Balaban J connectivity index is 1.59. The van der Waals surface area contributed by atoms with Gasteiger partial charge in [0.1, 0.15) is 0 Å². The Hall–Kier alpha value is -2.40. The maximum atomic E-state index is 12.8. The molecule has 1 aliphatic rings. The molecule has 1 amide bonds. The lowest BCUT2D eigenvalue weighted by Crippen LogP contribution is -2.30. The Bertz CT molecular complexity index is 796. The zero-order chi connectivity index (χ0) is 15.6. The van der Waals surface area contributed by atoms with E-state index in [0.717, 1.165) is 24.9 Å². The Morgan fingerprint density at radius 1 is 1.22 bits per heavy atom. The molecule has 0 radical (unpaired) electrons. The van der Waals surface area contributed by atoms with Gasteiger partial charge in [0.2, 0.25) is 0 Å². The van der Waals surface area contributed by atoms with Crippen molar-refractivity contribution in [3.8, 4) is 11.3 Å². The first-order valence-electron chi connectivity index (χ1n) is 7.69. The van der Waals surface area contributed by atoms with Crippen molar-refractivity contribution in [3.05, 3.63) is 64.5 Å². The fourth-order valence-corrected chi connectivity index (χ4v) is 3.92. The van der Waals surface area contributed by atoms with Crippen LogP contribution < -0.4 is 0 Å². The molecule has 3 aromatic rings. The van der Waals surface area contributed by atoms with Gasteiger partial charge in [0, 0.05) is 23.1 Å². The van der Waals surface area contributed by atoms with Crippen LogP contribution in [-0.2, 0) is 0 Å². The second-order valence-electron chi connectivity index (χ2n) is 5.61. The second-order valence-corrected chi connectivity index (χ2v) is 6.59. The van der Waals surface area contributed by atoms with Crippen molar-refractivity contribution in [2.75, 3.05) is 6.54 Å². The third kappa shape index (κ3) is 2.68. The van der Waals surface area contributed by atoms with Gasteiger partial charge in [-0.1, -0.05) is 41.6 Å². The van der Waals surface area contributed by atoms with E-state index in [2.05, 4.69) is 16.6 Å². The van der Waals surface area contributed by atoms with Crippen molar-refractivity contribution >= 4 is 17.2 Å². The number of carbonyl (C=O) groups is 1. The number of nitrogens with zero attached hydrogens (tertiary/aromatic N) is 2. The molecule has 3 heterocycles. The van der Waals surface area contributed by atoms with Crippen LogP contribution in [0.15, 0.2) is 58.4 Å². The minimum Gasteiger partial charge on any atom is -0.355 e. The number of aromatic nitrogens is 1. The number of thiophene rings is 1. The van der Waals surface area contributed by atoms with Crippen molar-refractivity contribution in [2.45, 2.75) is 18.9 Å². The first-order chi connectivity index (χ1) is 11.3. The summed E-state index contributed by atoms with van der Waals surface area (Å²) in [5.41, 5.74) is 1.31. The molecule has 1 aliphatic heterocycles. The summed E-state index contributed by atoms with van der Waals surface area (Å²) in [6.45, 7) is 0.773. The Labute approximate surface area is 138 Å². The van der Waals surface area contributed by atoms with Crippen molar-refractivity contribution < 1.29 is 9.32 Å². The molecule has 0 bridgehead atoms. The van der Waals surface area contributed by atoms with Crippen LogP contribution in [-0.4, -0.2) is 22.5 Å². The van der Waals surface area contributed by atoms with Gasteiger partial charge in [0.25, 0.3) is 5.91 Å². The molecule has 4 rings (SSSR count). The summed E-state index contributed by atoms with van der Waals surface area (Å²) in [7, 11) is 0. The molecule has 0 N–H and O–H groups in total. The van der Waals surface area contributed by atoms with Crippen molar-refractivity contribution in [3.63, 3.8) is 0 Å². The van der Waals surface area contributed by atoms with Crippen LogP contribution in [0.3, 0.4) is 0 Å². The van der Waals surface area contributed by atoms with E-state index < -0.39 is 0 Å². The average Bonchev–Trinajstić information content (AvgIpc) is 3.34. The summed E-state index contributed by atoms with van der Waals surface area (Å²) in [5.74, 6) is 0.577. The van der Waals surface area contributed by atoms with Gasteiger partial charge in [-0.3, -0.25) is 4.79 Å². The summed E-state index contributed by atoms with van der Waals surface area (Å²) < 4.78 is 5.36. The van der Waals surface area contributed by atoms with Gasteiger partial charge in [0.15, 0.2) is 11.5 Å². The largest absolute Gasteiger partial charge is 0.355 e. The van der Waals surface area contributed by atoms with Crippen molar-refractivity contribution in [1.82, 2.24) is 10.1 Å². The number of rotatable bonds is 3. The van der Waals surface area contributed by atoms with Crippen LogP contribution in [0.4, 0.5) is 0 Å². The first-order valence-corrected chi connectivity index (χ1v) is 8.57. The molecule has 4 nitrogen and oxygen atoms in total. The predicted molar refractivity (Wildman–Crippen MR) is 89.3 cm³/mol. The van der Waals surface area contributed by atoms with Gasteiger partial charge >= 0.3 is 0 Å².